The van der Waals surface area contributed by atoms with Gasteiger partial charge in [0.15, 0.2) is 5.13 Å². The van der Waals surface area contributed by atoms with Gasteiger partial charge in [-0.15, -0.1) is 34.4 Å². The Bertz CT molecular complexity index is 828. The van der Waals surface area contributed by atoms with Gasteiger partial charge in [-0.3, -0.25) is 10.1 Å². The molecule has 0 atom stereocenters. The number of anilines is 1. The van der Waals surface area contributed by atoms with Crippen LogP contribution in [0.15, 0.2) is 46.8 Å². The molecule has 1 amide bonds. The average molecular weight is 381 g/mol. The molecule has 0 aliphatic carbocycles. The molecule has 0 aliphatic rings. The average Bonchev–Trinajstić information content (AvgIpc) is 3.18. The maximum Gasteiger partial charge on any atom is 0.268 e. The minimum Gasteiger partial charge on any atom is -0.297 e. The highest BCUT2D eigenvalue weighted by molar-refractivity contribution is 7.98. The lowest BCUT2D eigenvalue weighted by atomic mass is 10.1. The molecule has 0 spiro atoms. The van der Waals surface area contributed by atoms with Crippen LogP contribution in [0.5, 0.6) is 0 Å². The minimum absolute atomic E-state index is 0.108. The number of rotatable bonds is 5. The maximum absolute atomic E-state index is 12.3. The quantitative estimate of drug-likeness (QED) is 0.600. The number of thiazole rings is 1. The van der Waals surface area contributed by atoms with Crippen molar-refractivity contribution in [3.05, 3.63) is 62.2 Å². The van der Waals surface area contributed by atoms with Crippen molar-refractivity contribution in [3.63, 3.8) is 0 Å². The third kappa shape index (κ3) is 3.95. The molecule has 2 heterocycles. The number of carbonyl (C=O) groups excluding carboxylic acids is 1. The summed E-state index contributed by atoms with van der Waals surface area (Å²) >= 11 is 10.7. The predicted octanol–water partition coefficient (Wildman–Crippen LogP) is 5.42. The molecule has 1 N–H and O–H groups in total. The highest BCUT2D eigenvalue weighted by atomic mass is 35.5. The molecule has 0 fully saturated rings. The summed E-state index contributed by atoms with van der Waals surface area (Å²) in [6, 6.07) is 9.70. The lowest BCUT2D eigenvalue weighted by Crippen LogP contribution is -2.10. The van der Waals surface area contributed by atoms with Gasteiger partial charge < -0.3 is 0 Å². The summed E-state index contributed by atoms with van der Waals surface area (Å²) in [7, 11) is 0. The van der Waals surface area contributed by atoms with Crippen LogP contribution in [0.2, 0.25) is 5.02 Å². The van der Waals surface area contributed by atoms with Crippen LogP contribution in [0, 0.1) is 0 Å². The Hall–Kier alpha value is -1.34. The molecule has 1 aromatic carbocycles. The summed E-state index contributed by atoms with van der Waals surface area (Å²) in [5.74, 6) is -0.108. The van der Waals surface area contributed by atoms with Crippen LogP contribution in [0.3, 0.4) is 0 Å². The number of halogens is 1. The summed E-state index contributed by atoms with van der Waals surface area (Å²) in [4.78, 5) is 19.4. The number of thiophene rings is 1. The van der Waals surface area contributed by atoms with Gasteiger partial charge in [0.2, 0.25) is 0 Å². The van der Waals surface area contributed by atoms with Crippen molar-refractivity contribution in [1.29, 1.82) is 0 Å². The first-order valence-corrected chi connectivity index (χ1v) is 10.1. The van der Waals surface area contributed by atoms with Gasteiger partial charge in [0.05, 0.1) is 0 Å². The van der Waals surface area contributed by atoms with E-state index in [1.54, 1.807) is 18.0 Å². The van der Waals surface area contributed by atoms with Crippen molar-refractivity contribution in [1.82, 2.24) is 4.98 Å². The number of carbonyl (C=O) groups is 1. The van der Waals surface area contributed by atoms with E-state index in [0.29, 0.717) is 11.6 Å². The highest BCUT2D eigenvalue weighted by Gasteiger charge is 2.14. The molecule has 118 valence electrons. The molecule has 23 heavy (non-hydrogen) atoms. The van der Waals surface area contributed by atoms with E-state index in [1.165, 1.54) is 22.7 Å². The molecular formula is C16H13ClN2OS3. The second kappa shape index (κ2) is 7.49. The number of hydrogen-bond acceptors (Lipinski definition) is 5. The van der Waals surface area contributed by atoms with Crippen LogP contribution in [0.4, 0.5) is 5.13 Å². The van der Waals surface area contributed by atoms with E-state index < -0.39 is 0 Å². The van der Waals surface area contributed by atoms with Crippen LogP contribution in [-0.4, -0.2) is 17.1 Å². The fourth-order valence-corrected chi connectivity index (χ4v) is 4.73. The number of aromatic nitrogens is 1. The van der Waals surface area contributed by atoms with Gasteiger partial charge in [0.25, 0.3) is 5.91 Å². The third-order valence-corrected chi connectivity index (χ3v) is 6.26. The van der Waals surface area contributed by atoms with Crippen molar-refractivity contribution in [2.75, 3.05) is 11.6 Å². The molecule has 7 heteroatoms. The van der Waals surface area contributed by atoms with Crippen molar-refractivity contribution in [2.45, 2.75) is 11.3 Å². The fourth-order valence-electron chi connectivity index (χ4n) is 2.05. The zero-order valence-electron chi connectivity index (χ0n) is 12.2. The van der Waals surface area contributed by atoms with E-state index in [0.717, 1.165) is 25.2 Å². The summed E-state index contributed by atoms with van der Waals surface area (Å²) in [5.41, 5.74) is 1.05. The summed E-state index contributed by atoms with van der Waals surface area (Å²) in [6.07, 6.45) is 4.46. The fraction of sp³-hybridized carbons (Fsp3) is 0.125. The Morgan fingerprint density at radius 3 is 2.96 bits per heavy atom. The van der Waals surface area contributed by atoms with E-state index in [4.69, 9.17) is 11.6 Å². The first-order chi connectivity index (χ1) is 11.2. The molecule has 0 bridgehead atoms. The molecule has 0 aliphatic heterocycles. The Labute approximate surface area is 151 Å². The van der Waals surface area contributed by atoms with Crippen molar-refractivity contribution < 1.29 is 4.79 Å². The van der Waals surface area contributed by atoms with Gasteiger partial charge in [-0.2, -0.15) is 0 Å². The Morgan fingerprint density at radius 1 is 1.35 bits per heavy atom. The summed E-state index contributed by atoms with van der Waals surface area (Å²) in [5, 5.41) is 6.15. The third-order valence-electron chi connectivity index (χ3n) is 3.15. The normalized spacial score (nSPS) is 10.7. The first kappa shape index (κ1) is 16.5. The largest absolute Gasteiger partial charge is 0.297 e. The monoisotopic (exact) mass is 380 g/mol. The lowest BCUT2D eigenvalue weighted by molar-refractivity contribution is 0.102. The highest BCUT2D eigenvalue weighted by Crippen LogP contribution is 2.28. The second-order valence-electron chi connectivity index (χ2n) is 4.67. The number of nitrogens with zero attached hydrogens (tertiary/aromatic N) is 1. The van der Waals surface area contributed by atoms with Crippen LogP contribution < -0.4 is 5.32 Å². The van der Waals surface area contributed by atoms with E-state index in [-0.39, 0.29) is 5.91 Å². The molecule has 3 rings (SSSR count). The molecule has 0 saturated heterocycles. The van der Waals surface area contributed by atoms with Crippen molar-refractivity contribution in [3.8, 4) is 0 Å². The lowest BCUT2D eigenvalue weighted by Gasteiger charge is -2.02. The second-order valence-corrected chi connectivity index (χ2v) is 7.96. The maximum atomic E-state index is 12.3. The smallest absolute Gasteiger partial charge is 0.268 e. The topological polar surface area (TPSA) is 42.0 Å². The Balaban J connectivity index is 1.70. The van der Waals surface area contributed by atoms with Crippen LogP contribution >= 0.6 is 46.0 Å². The SMILES string of the molecule is CSc1ccsc1C(=O)Nc1ncc(Cc2ccccc2Cl)s1. The van der Waals surface area contributed by atoms with Gasteiger partial charge in [-0.25, -0.2) is 4.98 Å². The predicted molar refractivity (Wildman–Crippen MR) is 100 cm³/mol. The Morgan fingerprint density at radius 2 is 2.17 bits per heavy atom. The number of nitrogens with one attached hydrogen (secondary N) is 1. The van der Waals surface area contributed by atoms with Gasteiger partial charge in [-0.05, 0) is 29.3 Å². The molecule has 0 radical (unpaired) electrons. The molecule has 0 unspecified atom stereocenters. The van der Waals surface area contributed by atoms with Gasteiger partial charge in [0, 0.05) is 27.4 Å². The number of hydrogen-bond donors (Lipinski definition) is 1. The first-order valence-electron chi connectivity index (χ1n) is 6.78. The van der Waals surface area contributed by atoms with Gasteiger partial charge in [0.1, 0.15) is 4.88 Å². The molecule has 3 aromatic rings. The molecule has 2 aromatic heterocycles. The van der Waals surface area contributed by atoms with Crippen molar-refractivity contribution >= 4 is 57.1 Å². The Kier molecular flexibility index (Phi) is 5.38. The number of thioether (sulfide) groups is 1. The van der Waals surface area contributed by atoms with E-state index in [1.807, 2.05) is 42.0 Å². The minimum atomic E-state index is -0.108. The van der Waals surface area contributed by atoms with E-state index in [9.17, 15) is 4.79 Å². The zero-order chi connectivity index (χ0) is 16.2. The van der Waals surface area contributed by atoms with Crippen LogP contribution in [-0.2, 0) is 6.42 Å². The summed E-state index contributed by atoms with van der Waals surface area (Å²) < 4.78 is 0. The van der Waals surface area contributed by atoms with Crippen LogP contribution in [0.25, 0.3) is 0 Å². The van der Waals surface area contributed by atoms with Crippen molar-refractivity contribution in [2.24, 2.45) is 0 Å². The van der Waals surface area contributed by atoms with Gasteiger partial charge >= 0.3 is 0 Å². The zero-order valence-corrected chi connectivity index (χ0v) is 15.4. The van der Waals surface area contributed by atoms with E-state index in [2.05, 4.69) is 10.3 Å². The number of amides is 1. The van der Waals surface area contributed by atoms with Crippen LogP contribution in [0.1, 0.15) is 20.1 Å². The molecule has 0 saturated carbocycles. The molecular weight excluding hydrogens is 368 g/mol. The standard InChI is InChI=1S/C16H13ClN2OS3/c1-21-13-6-7-22-14(13)15(20)19-16-18-9-11(23-16)8-10-4-2-3-5-12(10)17/h2-7,9H,8H2,1H3,(H,18,19,20). The number of benzene rings is 1. The van der Waals surface area contributed by atoms with E-state index >= 15 is 0 Å². The summed E-state index contributed by atoms with van der Waals surface area (Å²) in [6.45, 7) is 0. The van der Waals surface area contributed by atoms with Gasteiger partial charge in [-0.1, -0.05) is 29.8 Å². The molecule has 3 nitrogen and oxygen atoms in total.